The minimum atomic E-state index is -0.156. The number of fused-ring (bicyclic) bond motifs is 2. The molecule has 1 heterocycles. The zero-order chi connectivity index (χ0) is 33.5. The second kappa shape index (κ2) is 12.3. The lowest BCUT2D eigenvalue weighted by atomic mass is 9.73. The second-order valence-electron chi connectivity index (χ2n) is 13.7. The quantitative estimate of drug-likeness (QED) is 0.180. The standard InChI is InChI=1S/C47H40N2/c1-33-14-23-39(24-15-33)48(40-27-18-36(19-28-40)35-10-6-5-7-11-35)41-29-20-37(21-30-41)38-22-31-46-44(32-38)47(3,4)43-12-8-9-13-45(43)49(46)42-25-16-34(2)17-26-42/h5-32H,1-4H3. The minimum absolute atomic E-state index is 0.156. The van der Waals surface area contributed by atoms with Gasteiger partial charge in [-0.05, 0) is 114 Å². The second-order valence-corrected chi connectivity index (χ2v) is 13.7. The first-order valence-corrected chi connectivity index (χ1v) is 17.1. The molecule has 1 aliphatic heterocycles. The molecule has 2 nitrogen and oxygen atoms in total. The van der Waals surface area contributed by atoms with Crippen LogP contribution in [0, 0.1) is 13.8 Å². The Labute approximate surface area is 290 Å². The fourth-order valence-electron chi connectivity index (χ4n) is 7.23. The van der Waals surface area contributed by atoms with Gasteiger partial charge in [0.15, 0.2) is 0 Å². The van der Waals surface area contributed by atoms with Gasteiger partial charge < -0.3 is 9.80 Å². The highest BCUT2D eigenvalue weighted by Crippen LogP contribution is 2.52. The summed E-state index contributed by atoms with van der Waals surface area (Å²) < 4.78 is 0. The summed E-state index contributed by atoms with van der Waals surface area (Å²) in [5.41, 5.74) is 16.9. The Bertz CT molecular complexity index is 2230. The van der Waals surface area contributed by atoms with Crippen LogP contribution in [-0.2, 0) is 5.41 Å². The van der Waals surface area contributed by atoms with Gasteiger partial charge in [-0.2, -0.15) is 0 Å². The Balaban J connectivity index is 1.17. The van der Waals surface area contributed by atoms with Crippen LogP contribution in [0.1, 0.15) is 36.1 Å². The summed E-state index contributed by atoms with van der Waals surface area (Å²) in [5, 5.41) is 0. The van der Waals surface area contributed by atoms with Crippen molar-refractivity contribution in [3.05, 3.63) is 192 Å². The molecule has 0 saturated carbocycles. The first kappa shape index (κ1) is 30.5. The first-order valence-electron chi connectivity index (χ1n) is 17.1. The van der Waals surface area contributed by atoms with E-state index in [0.717, 1.165) is 17.1 Å². The number of nitrogens with zero attached hydrogens (tertiary/aromatic N) is 2. The Morgan fingerprint density at radius 3 is 1.47 bits per heavy atom. The molecule has 0 atom stereocenters. The summed E-state index contributed by atoms with van der Waals surface area (Å²) in [4.78, 5) is 4.76. The topological polar surface area (TPSA) is 6.48 Å². The van der Waals surface area contributed by atoms with E-state index in [1.165, 1.54) is 61.6 Å². The lowest BCUT2D eigenvalue weighted by Gasteiger charge is -2.42. The van der Waals surface area contributed by atoms with Crippen molar-refractivity contribution < 1.29 is 0 Å². The van der Waals surface area contributed by atoms with Crippen LogP contribution in [-0.4, -0.2) is 0 Å². The molecule has 0 fully saturated rings. The molecular formula is C47H40N2. The van der Waals surface area contributed by atoms with Gasteiger partial charge in [0, 0.05) is 28.2 Å². The summed E-state index contributed by atoms with van der Waals surface area (Å²) in [5.74, 6) is 0. The summed E-state index contributed by atoms with van der Waals surface area (Å²) in [6.45, 7) is 8.99. The molecule has 0 N–H and O–H groups in total. The van der Waals surface area contributed by atoms with Gasteiger partial charge in [-0.3, -0.25) is 0 Å². The van der Waals surface area contributed by atoms with Crippen LogP contribution in [0.4, 0.5) is 34.1 Å². The van der Waals surface area contributed by atoms with Crippen molar-refractivity contribution in [1.82, 2.24) is 0 Å². The number of benzene rings is 7. The molecule has 7 aromatic carbocycles. The van der Waals surface area contributed by atoms with E-state index in [4.69, 9.17) is 0 Å². The molecule has 0 saturated heterocycles. The predicted octanol–water partition coefficient (Wildman–Crippen LogP) is 13.2. The third-order valence-corrected chi connectivity index (χ3v) is 10.0. The maximum atomic E-state index is 2.42. The Hall–Kier alpha value is -5.86. The summed E-state index contributed by atoms with van der Waals surface area (Å²) in [7, 11) is 0. The Morgan fingerprint density at radius 1 is 0.408 bits per heavy atom. The van der Waals surface area contributed by atoms with Crippen molar-refractivity contribution in [1.29, 1.82) is 0 Å². The van der Waals surface area contributed by atoms with Crippen LogP contribution in [0.5, 0.6) is 0 Å². The molecule has 0 unspecified atom stereocenters. The van der Waals surface area contributed by atoms with E-state index in [1.54, 1.807) is 0 Å². The van der Waals surface area contributed by atoms with Gasteiger partial charge in [0.2, 0.25) is 0 Å². The van der Waals surface area contributed by atoms with Gasteiger partial charge in [-0.1, -0.05) is 128 Å². The maximum Gasteiger partial charge on any atom is 0.0503 e. The van der Waals surface area contributed by atoms with Crippen LogP contribution >= 0.6 is 0 Å². The Kier molecular flexibility index (Phi) is 7.65. The van der Waals surface area contributed by atoms with Crippen LogP contribution in [0.15, 0.2) is 170 Å². The maximum absolute atomic E-state index is 2.42. The van der Waals surface area contributed by atoms with E-state index >= 15 is 0 Å². The van der Waals surface area contributed by atoms with Crippen molar-refractivity contribution in [3.8, 4) is 22.3 Å². The van der Waals surface area contributed by atoms with Crippen molar-refractivity contribution in [2.24, 2.45) is 0 Å². The summed E-state index contributed by atoms with van der Waals surface area (Å²) in [6.07, 6.45) is 0. The zero-order valence-electron chi connectivity index (χ0n) is 28.6. The first-order chi connectivity index (χ1) is 23.9. The van der Waals surface area contributed by atoms with E-state index < -0.39 is 0 Å². The van der Waals surface area contributed by atoms with Gasteiger partial charge in [-0.15, -0.1) is 0 Å². The van der Waals surface area contributed by atoms with Crippen LogP contribution < -0.4 is 9.80 Å². The molecule has 7 aromatic rings. The minimum Gasteiger partial charge on any atom is -0.311 e. The van der Waals surface area contributed by atoms with Crippen molar-refractivity contribution in [3.63, 3.8) is 0 Å². The third kappa shape index (κ3) is 5.60. The molecule has 0 spiro atoms. The molecule has 0 aromatic heterocycles. The van der Waals surface area contributed by atoms with Gasteiger partial charge in [0.05, 0.1) is 11.4 Å². The van der Waals surface area contributed by atoms with Crippen molar-refractivity contribution in [2.45, 2.75) is 33.1 Å². The van der Waals surface area contributed by atoms with Crippen LogP contribution in [0.3, 0.4) is 0 Å². The molecule has 0 radical (unpaired) electrons. The number of anilines is 6. The number of para-hydroxylation sites is 1. The van der Waals surface area contributed by atoms with Crippen molar-refractivity contribution >= 4 is 34.1 Å². The molecule has 49 heavy (non-hydrogen) atoms. The predicted molar refractivity (Wildman–Crippen MR) is 208 cm³/mol. The molecule has 2 heteroatoms. The average Bonchev–Trinajstić information content (AvgIpc) is 3.14. The van der Waals surface area contributed by atoms with Gasteiger partial charge in [0.25, 0.3) is 0 Å². The average molecular weight is 633 g/mol. The lowest BCUT2D eigenvalue weighted by molar-refractivity contribution is 0.632. The fourth-order valence-corrected chi connectivity index (χ4v) is 7.23. The number of hydrogen-bond acceptors (Lipinski definition) is 2. The van der Waals surface area contributed by atoms with E-state index in [0.29, 0.717) is 0 Å². The van der Waals surface area contributed by atoms with E-state index in [2.05, 4.69) is 207 Å². The summed E-state index contributed by atoms with van der Waals surface area (Å²) in [6, 6.07) is 61.9. The number of hydrogen-bond donors (Lipinski definition) is 0. The smallest absolute Gasteiger partial charge is 0.0503 e. The van der Waals surface area contributed by atoms with Gasteiger partial charge >= 0.3 is 0 Å². The summed E-state index contributed by atoms with van der Waals surface area (Å²) >= 11 is 0. The molecule has 238 valence electrons. The fraction of sp³-hybridized carbons (Fsp3) is 0.106. The SMILES string of the molecule is Cc1ccc(N(c2ccc(-c3ccccc3)cc2)c2ccc(-c3ccc4c(c3)C(C)(C)c3ccccc3N4c3ccc(C)cc3)cc2)cc1. The highest BCUT2D eigenvalue weighted by molar-refractivity contribution is 5.88. The number of rotatable bonds is 6. The highest BCUT2D eigenvalue weighted by Gasteiger charge is 2.37. The normalized spacial score (nSPS) is 13.0. The molecular weight excluding hydrogens is 593 g/mol. The molecule has 0 bridgehead atoms. The molecule has 8 rings (SSSR count). The van der Waals surface area contributed by atoms with Crippen LogP contribution in [0.25, 0.3) is 22.3 Å². The lowest BCUT2D eigenvalue weighted by Crippen LogP contribution is -2.30. The van der Waals surface area contributed by atoms with Crippen molar-refractivity contribution in [2.75, 3.05) is 9.80 Å². The highest BCUT2D eigenvalue weighted by atomic mass is 15.2. The third-order valence-electron chi connectivity index (χ3n) is 10.0. The van der Waals surface area contributed by atoms with E-state index in [-0.39, 0.29) is 5.41 Å². The zero-order valence-corrected chi connectivity index (χ0v) is 28.6. The van der Waals surface area contributed by atoms with E-state index in [1.807, 2.05) is 0 Å². The monoisotopic (exact) mass is 632 g/mol. The van der Waals surface area contributed by atoms with Gasteiger partial charge in [-0.25, -0.2) is 0 Å². The van der Waals surface area contributed by atoms with E-state index in [9.17, 15) is 0 Å². The Morgan fingerprint density at radius 2 is 0.857 bits per heavy atom. The largest absolute Gasteiger partial charge is 0.311 e. The molecule has 1 aliphatic rings. The van der Waals surface area contributed by atoms with Crippen LogP contribution in [0.2, 0.25) is 0 Å². The molecule has 0 amide bonds. The van der Waals surface area contributed by atoms with Gasteiger partial charge in [0.1, 0.15) is 0 Å². The number of aryl methyl sites for hydroxylation is 2. The molecule has 0 aliphatic carbocycles.